The lowest BCUT2D eigenvalue weighted by molar-refractivity contribution is -0.145. The van der Waals surface area contributed by atoms with E-state index >= 15 is 0 Å². The van der Waals surface area contributed by atoms with Crippen LogP contribution < -0.4 is 0 Å². The van der Waals surface area contributed by atoms with Gasteiger partial charge in [0.2, 0.25) is 0 Å². The number of piperidine rings is 1. The first-order valence-electron chi connectivity index (χ1n) is 7.39. The van der Waals surface area contributed by atoms with Gasteiger partial charge in [-0.1, -0.05) is 6.92 Å². The Kier molecular flexibility index (Phi) is 6.78. The zero-order chi connectivity index (χ0) is 15.1. The molecule has 1 aliphatic heterocycles. The van der Waals surface area contributed by atoms with Crippen LogP contribution in [0.5, 0.6) is 0 Å². The van der Waals surface area contributed by atoms with E-state index in [4.69, 9.17) is 4.74 Å². The Morgan fingerprint density at radius 1 is 1.40 bits per heavy atom. The van der Waals surface area contributed by atoms with Crippen LogP contribution in [0.25, 0.3) is 0 Å². The predicted octanol–water partition coefficient (Wildman–Crippen LogP) is 1.65. The number of amides is 2. The molecule has 0 bridgehead atoms. The van der Waals surface area contributed by atoms with Crippen LogP contribution in [-0.4, -0.2) is 65.8 Å². The van der Waals surface area contributed by atoms with Gasteiger partial charge in [0.25, 0.3) is 0 Å². The highest BCUT2D eigenvalue weighted by Crippen LogP contribution is 2.24. The summed E-state index contributed by atoms with van der Waals surface area (Å²) in [5, 5.41) is 9.36. The summed E-state index contributed by atoms with van der Waals surface area (Å²) in [6, 6.07) is -0.899. The third-order valence-corrected chi connectivity index (χ3v) is 3.79. The Bertz CT molecular complexity index is 335. The van der Waals surface area contributed by atoms with E-state index in [1.807, 2.05) is 20.8 Å². The number of nitrogens with zero attached hydrogens (tertiary/aromatic N) is 2. The van der Waals surface area contributed by atoms with Crippen molar-refractivity contribution in [2.45, 2.75) is 39.7 Å². The van der Waals surface area contributed by atoms with Crippen LogP contribution in [0, 0.1) is 5.92 Å². The molecular formula is C14H26N2O4. The first-order chi connectivity index (χ1) is 9.52. The average Bonchev–Trinajstić information content (AvgIpc) is 2.42. The van der Waals surface area contributed by atoms with Crippen molar-refractivity contribution in [2.24, 2.45) is 5.92 Å². The number of hydrogen-bond acceptors (Lipinski definition) is 3. The largest absolute Gasteiger partial charge is 0.480 e. The highest BCUT2D eigenvalue weighted by Gasteiger charge is 2.38. The Labute approximate surface area is 120 Å². The quantitative estimate of drug-likeness (QED) is 0.754. The Morgan fingerprint density at radius 3 is 2.65 bits per heavy atom. The van der Waals surface area contributed by atoms with Gasteiger partial charge in [-0.3, -0.25) is 0 Å². The molecule has 2 amide bonds. The Morgan fingerprint density at radius 2 is 2.10 bits per heavy atom. The molecule has 0 radical (unpaired) electrons. The lowest BCUT2D eigenvalue weighted by Gasteiger charge is -2.39. The van der Waals surface area contributed by atoms with Gasteiger partial charge in [-0.2, -0.15) is 0 Å². The van der Waals surface area contributed by atoms with Gasteiger partial charge in [0.1, 0.15) is 6.04 Å². The van der Waals surface area contributed by atoms with E-state index in [0.29, 0.717) is 32.8 Å². The fourth-order valence-electron chi connectivity index (χ4n) is 2.67. The van der Waals surface area contributed by atoms with Crippen molar-refractivity contribution in [3.05, 3.63) is 0 Å². The van der Waals surface area contributed by atoms with Crippen LogP contribution in [0.1, 0.15) is 33.6 Å². The summed E-state index contributed by atoms with van der Waals surface area (Å²) in [6.07, 6.45) is 1.71. The molecule has 0 aromatic carbocycles. The molecule has 2 atom stereocenters. The van der Waals surface area contributed by atoms with Gasteiger partial charge in [0, 0.05) is 26.2 Å². The van der Waals surface area contributed by atoms with E-state index in [0.717, 1.165) is 12.8 Å². The number of carboxylic acid groups (broad SMARTS) is 1. The molecule has 1 fully saturated rings. The van der Waals surface area contributed by atoms with Crippen LogP contribution >= 0.6 is 0 Å². The van der Waals surface area contributed by atoms with E-state index in [1.165, 1.54) is 4.90 Å². The molecule has 116 valence electrons. The van der Waals surface area contributed by atoms with Crippen molar-refractivity contribution < 1.29 is 19.4 Å². The number of likely N-dealkylation sites (tertiary alicyclic amines) is 1. The lowest BCUT2D eigenvalue weighted by atomic mass is 9.91. The fraction of sp³-hybridized carbons (Fsp3) is 0.857. The minimum absolute atomic E-state index is 0.00389. The predicted molar refractivity (Wildman–Crippen MR) is 75.7 cm³/mol. The first-order valence-corrected chi connectivity index (χ1v) is 7.39. The van der Waals surface area contributed by atoms with Crippen LogP contribution in [0.15, 0.2) is 0 Å². The summed E-state index contributed by atoms with van der Waals surface area (Å²) in [5.41, 5.74) is 0. The van der Waals surface area contributed by atoms with Gasteiger partial charge in [-0.05, 0) is 32.6 Å². The number of carbonyl (C=O) groups is 2. The van der Waals surface area contributed by atoms with E-state index in [2.05, 4.69) is 0 Å². The summed E-state index contributed by atoms with van der Waals surface area (Å²) in [4.78, 5) is 27.1. The molecule has 1 N–H and O–H groups in total. The molecule has 0 aliphatic carbocycles. The van der Waals surface area contributed by atoms with E-state index in [-0.39, 0.29) is 11.9 Å². The van der Waals surface area contributed by atoms with E-state index < -0.39 is 12.0 Å². The van der Waals surface area contributed by atoms with Crippen molar-refractivity contribution in [1.82, 2.24) is 9.80 Å². The third-order valence-electron chi connectivity index (χ3n) is 3.79. The average molecular weight is 286 g/mol. The number of rotatable bonds is 6. The second-order valence-electron chi connectivity index (χ2n) is 5.16. The molecule has 1 heterocycles. The zero-order valence-corrected chi connectivity index (χ0v) is 12.7. The second kappa shape index (κ2) is 8.09. The molecule has 0 aromatic rings. The monoisotopic (exact) mass is 286 g/mol. The Balaban J connectivity index is 2.72. The maximum absolute atomic E-state index is 12.5. The van der Waals surface area contributed by atoms with Crippen molar-refractivity contribution >= 4 is 12.0 Å². The van der Waals surface area contributed by atoms with E-state index in [1.54, 1.807) is 4.90 Å². The topological polar surface area (TPSA) is 70.1 Å². The molecule has 0 saturated carbocycles. The van der Waals surface area contributed by atoms with Crippen LogP contribution in [-0.2, 0) is 9.53 Å². The minimum Gasteiger partial charge on any atom is -0.480 e. The van der Waals surface area contributed by atoms with Gasteiger partial charge < -0.3 is 19.6 Å². The van der Waals surface area contributed by atoms with Gasteiger partial charge in [-0.15, -0.1) is 0 Å². The van der Waals surface area contributed by atoms with Crippen molar-refractivity contribution in [1.29, 1.82) is 0 Å². The summed E-state index contributed by atoms with van der Waals surface area (Å²) in [7, 11) is 0. The molecule has 20 heavy (non-hydrogen) atoms. The molecule has 1 saturated heterocycles. The smallest absolute Gasteiger partial charge is 0.326 e. The fourth-order valence-corrected chi connectivity index (χ4v) is 2.67. The maximum atomic E-state index is 12.5. The highest BCUT2D eigenvalue weighted by molar-refractivity contribution is 5.83. The van der Waals surface area contributed by atoms with Gasteiger partial charge >= 0.3 is 12.0 Å². The molecule has 1 rings (SSSR count). The van der Waals surface area contributed by atoms with Crippen molar-refractivity contribution in [3.63, 3.8) is 0 Å². The Hall–Kier alpha value is -1.30. The summed E-state index contributed by atoms with van der Waals surface area (Å²) >= 11 is 0. The SMILES string of the molecule is CCOCCN(CC)C(=O)N1CCCC(C)C1C(=O)O. The standard InChI is InChI=1S/C14H26N2O4/c1-4-15(9-10-20-5-2)14(19)16-8-6-7-11(3)12(16)13(17)18/h11-12H,4-10H2,1-3H3,(H,17,18). The third kappa shape index (κ3) is 4.10. The van der Waals surface area contributed by atoms with Gasteiger partial charge in [0.05, 0.1) is 6.61 Å². The molecule has 0 aromatic heterocycles. The number of urea groups is 1. The molecule has 6 heteroatoms. The molecule has 1 aliphatic rings. The number of hydrogen-bond donors (Lipinski definition) is 1. The number of carbonyl (C=O) groups excluding carboxylic acids is 1. The first kappa shape index (κ1) is 16.8. The van der Waals surface area contributed by atoms with E-state index in [9.17, 15) is 14.7 Å². The van der Waals surface area contributed by atoms with Gasteiger partial charge in [0.15, 0.2) is 0 Å². The van der Waals surface area contributed by atoms with Crippen molar-refractivity contribution in [2.75, 3.05) is 32.8 Å². The van der Waals surface area contributed by atoms with Crippen LogP contribution in [0.2, 0.25) is 0 Å². The van der Waals surface area contributed by atoms with Crippen LogP contribution in [0.3, 0.4) is 0 Å². The molecular weight excluding hydrogens is 260 g/mol. The summed E-state index contributed by atoms with van der Waals surface area (Å²) < 4.78 is 5.27. The van der Waals surface area contributed by atoms with Gasteiger partial charge in [-0.25, -0.2) is 9.59 Å². The number of ether oxygens (including phenoxy) is 1. The second-order valence-corrected chi connectivity index (χ2v) is 5.16. The summed E-state index contributed by atoms with van der Waals surface area (Å²) in [6.45, 7) is 8.38. The van der Waals surface area contributed by atoms with Crippen LogP contribution in [0.4, 0.5) is 4.79 Å². The van der Waals surface area contributed by atoms with Crippen molar-refractivity contribution in [3.8, 4) is 0 Å². The molecule has 2 unspecified atom stereocenters. The highest BCUT2D eigenvalue weighted by atomic mass is 16.5. The molecule has 6 nitrogen and oxygen atoms in total. The maximum Gasteiger partial charge on any atom is 0.326 e. The number of aliphatic carboxylic acids is 1. The minimum atomic E-state index is -0.911. The molecule has 0 spiro atoms. The summed E-state index contributed by atoms with van der Waals surface area (Å²) in [5.74, 6) is -0.915. The normalized spacial score (nSPS) is 22.6. The lowest BCUT2D eigenvalue weighted by Crippen LogP contribution is -2.56. The zero-order valence-electron chi connectivity index (χ0n) is 12.7. The number of likely N-dealkylation sites (N-methyl/N-ethyl adjacent to an activating group) is 1. The number of carboxylic acids is 1.